The summed E-state index contributed by atoms with van der Waals surface area (Å²) in [7, 11) is 0. The van der Waals surface area contributed by atoms with Crippen LogP contribution in [-0.2, 0) is 11.2 Å². The third-order valence-corrected chi connectivity index (χ3v) is 3.96. The maximum absolute atomic E-state index is 11.1. The van der Waals surface area contributed by atoms with Crippen LogP contribution in [0.1, 0.15) is 24.1 Å². The van der Waals surface area contributed by atoms with Crippen molar-refractivity contribution in [2.75, 3.05) is 6.54 Å². The van der Waals surface area contributed by atoms with Crippen molar-refractivity contribution in [1.82, 2.24) is 4.90 Å². The van der Waals surface area contributed by atoms with E-state index in [1.807, 2.05) is 24.0 Å². The summed E-state index contributed by atoms with van der Waals surface area (Å²) in [5.74, 6) is -0.395. The molecule has 0 spiro atoms. The second-order valence-corrected chi connectivity index (χ2v) is 5.13. The molecule has 1 atom stereocenters. The molecule has 1 aliphatic rings. The summed E-state index contributed by atoms with van der Waals surface area (Å²) in [4.78, 5) is 13.0. The lowest BCUT2D eigenvalue weighted by molar-refractivity contribution is -0.110. The van der Waals surface area contributed by atoms with E-state index in [0.29, 0.717) is 0 Å². The summed E-state index contributed by atoms with van der Waals surface area (Å²) >= 11 is 7.86. The second-order valence-electron chi connectivity index (χ2n) is 4.30. The monoisotopic (exact) mass is 281 g/mol. The van der Waals surface area contributed by atoms with Crippen LogP contribution < -0.4 is 0 Å². The molecule has 1 heterocycles. The minimum Gasteiger partial charge on any atom is -0.502 e. The highest BCUT2D eigenvalue weighted by atomic mass is 32.1. The van der Waals surface area contributed by atoms with E-state index in [2.05, 4.69) is 37.4 Å². The largest absolute Gasteiger partial charge is 0.502 e. The van der Waals surface area contributed by atoms with E-state index in [9.17, 15) is 9.90 Å². The second kappa shape index (κ2) is 5.28. The number of aliphatic hydroxyl groups excluding tert-OH is 1. The van der Waals surface area contributed by atoms with Crippen molar-refractivity contribution in [3.05, 3.63) is 46.2 Å². The molecule has 1 N–H and O–H groups in total. The van der Waals surface area contributed by atoms with Gasteiger partial charge in [-0.2, -0.15) is 0 Å². The van der Waals surface area contributed by atoms with Gasteiger partial charge in [-0.15, -0.1) is 12.6 Å². The molecule has 0 aliphatic carbocycles. The molecule has 0 fully saturated rings. The number of hydrogen-bond acceptors (Lipinski definition) is 4. The Balaban J connectivity index is 2.35. The summed E-state index contributed by atoms with van der Waals surface area (Å²) in [6, 6.07) is 8.26. The minimum absolute atomic E-state index is 0.0808. The van der Waals surface area contributed by atoms with Gasteiger partial charge in [-0.3, -0.25) is 4.79 Å². The van der Waals surface area contributed by atoms with Gasteiger partial charge in [0.2, 0.25) is 0 Å². The van der Waals surface area contributed by atoms with Gasteiger partial charge >= 0.3 is 0 Å². The number of hydrogen-bond donors (Lipinski definition) is 3. The summed E-state index contributed by atoms with van der Waals surface area (Å²) in [5, 5.41) is 9.28. The predicted octanol–water partition coefficient (Wildman–Crippen LogP) is 2.72. The zero-order valence-corrected chi connectivity index (χ0v) is 11.8. The van der Waals surface area contributed by atoms with Crippen molar-refractivity contribution in [3.63, 3.8) is 0 Å². The third kappa shape index (κ3) is 2.37. The molecular weight excluding hydrogens is 266 g/mol. The minimum atomic E-state index is -0.661. The van der Waals surface area contributed by atoms with Crippen LogP contribution in [0.25, 0.3) is 0 Å². The third-order valence-electron chi connectivity index (χ3n) is 3.28. The number of fused-ring (bicyclic) bond motifs is 1. The van der Waals surface area contributed by atoms with Crippen LogP contribution in [0.5, 0.6) is 0 Å². The van der Waals surface area contributed by atoms with Gasteiger partial charge in [-0.1, -0.05) is 36.9 Å². The normalized spacial score (nSPS) is 20.2. The standard InChI is InChI=1S/C13H15NO2S2/c1-8-10-5-3-2-4-9(10)6-7-14(8)12(17)11(15)13(16)18/h2-5,8,15,17H,6-7H2,1H3,(H,16,18)/b12-11+. The van der Waals surface area contributed by atoms with Gasteiger partial charge in [-0.25, -0.2) is 0 Å². The van der Waals surface area contributed by atoms with Gasteiger partial charge in [0.25, 0.3) is 5.12 Å². The van der Waals surface area contributed by atoms with Crippen molar-refractivity contribution < 1.29 is 9.90 Å². The Morgan fingerprint density at radius 2 is 2.06 bits per heavy atom. The van der Waals surface area contributed by atoms with Crippen molar-refractivity contribution in [1.29, 1.82) is 0 Å². The van der Waals surface area contributed by atoms with Crippen molar-refractivity contribution in [2.45, 2.75) is 19.4 Å². The van der Waals surface area contributed by atoms with Gasteiger partial charge in [0, 0.05) is 6.54 Å². The number of rotatable bonds is 2. The van der Waals surface area contributed by atoms with E-state index in [0.717, 1.165) is 13.0 Å². The maximum Gasteiger partial charge on any atom is 0.253 e. The molecule has 96 valence electrons. The first-order chi connectivity index (χ1) is 8.52. The average Bonchev–Trinajstić information content (AvgIpc) is 2.37. The summed E-state index contributed by atoms with van der Waals surface area (Å²) < 4.78 is 0. The molecule has 0 amide bonds. The highest BCUT2D eigenvalue weighted by Gasteiger charge is 2.26. The first-order valence-electron chi connectivity index (χ1n) is 5.72. The van der Waals surface area contributed by atoms with Crippen LogP contribution in [0.4, 0.5) is 0 Å². The van der Waals surface area contributed by atoms with Crippen LogP contribution in [-0.4, -0.2) is 21.7 Å². The lowest BCUT2D eigenvalue weighted by Crippen LogP contribution is -2.33. The SMILES string of the molecule is CC1c2ccccc2CCN1/C(S)=C(\O)C(=O)S. The fourth-order valence-corrected chi connectivity index (χ4v) is 2.86. The number of carbonyl (C=O) groups excluding carboxylic acids is 1. The van der Waals surface area contributed by atoms with Crippen LogP contribution in [0.3, 0.4) is 0 Å². The highest BCUT2D eigenvalue weighted by Crippen LogP contribution is 2.33. The molecule has 0 radical (unpaired) electrons. The Morgan fingerprint density at radius 1 is 1.39 bits per heavy atom. The molecule has 3 nitrogen and oxygen atoms in total. The molecular formula is C13H15NO2S2. The maximum atomic E-state index is 11.1. The van der Waals surface area contributed by atoms with Crippen molar-refractivity contribution in [3.8, 4) is 0 Å². The van der Waals surface area contributed by atoms with Crippen LogP contribution in [0.15, 0.2) is 35.1 Å². The molecule has 18 heavy (non-hydrogen) atoms. The van der Waals surface area contributed by atoms with E-state index >= 15 is 0 Å². The average molecular weight is 281 g/mol. The molecule has 5 heteroatoms. The number of aliphatic hydroxyl groups is 1. The molecule has 1 unspecified atom stereocenters. The summed E-state index contributed by atoms with van der Waals surface area (Å²) in [5.41, 5.74) is 2.51. The first-order valence-corrected chi connectivity index (χ1v) is 6.61. The van der Waals surface area contributed by atoms with Crippen LogP contribution in [0, 0.1) is 0 Å². The quantitative estimate of drug-likeness (QED) is 0.443. The van der Waals surface area contributed by atoms with Gasteiger partial charge in [0.05, 0.1) is 6.04 Å². The Kier molecular flexibility index (Phi) is 3.92. The molecule has 0 saturated heterocycles. The first kappa shape index (κ1) is 13.4. The lowest BCUT2D eigenvalue weighted by Gasteiger charge is -2.37. The van der Waals surface area contributed by atoms with E-state index < -0.39 is 10.9 Å². The number of nitrogens with zero attached hydrogens (tertiary/aromatic N) is 1. The van der Waals surface area contributed by atoms with Gasteiger partial charge in [0.15, 0.2) is 5.76 Å². The smallest absolute Gasteiger partial charge is 0.253 e. The zero-order valence-electron chi connectivity index (χ0n) is 10.00. The fraction of sp³-hybridized carbons (Fsp3) is 0.308. The number of thiol groups is 2. The van der Waals surface area contributed by atoms with E-state index in [1.54, 1.807) is 0 Å². The Labute approximate surface area is 117 Å². The Hall–Kier alpha value is -1.07. The van der Waals surface area contributed by atoms with E-state index in [-0.39, 0.29) is 11.1 Å². The number of benzene rings is 1. The highest BCUT2D eigenvalue weighted by molar-refractivity contribution is 7.97. The fourth-order valence-electron chi connectivity index (χ4n) is 2.29. The molecule has 0 bridgehead atoms. The molecule has 1 aromatic rings. The Morgan fingerprint density at radius 3 is 2.72 bits per heavy atom. The molecule has 1 aromatic carbocycles. The molecule has 1 aliphatic heterocycles. The predicted molar refractivity (Wildman–Crippen MR) is 77.9 cm³/mol. The molecule has 0 saturated carbocycles. The van der Waals surface area contributed by atoms with E-state index in [4.69, 9.17) is 0 Å². The topological polar surface area (TPSA) is 40.5 Å². The number of carbonyl (C=O) groups is 1. The van der Waals surface area contributed by atoms with Crippen molar-refractivity contribution in [2.24, 2.45) is 0 Å². The molecule has 0 aromatic heterocycles. The van der Waals surface area contributed by atoms with E-state index in [1.165, 1.54) is 11.1 Å². The van der Waals surface area contributed by atoms with Crippen LogP contribution in [0.2, 0.25) is 0 Å². The molecule has 2 rings (SSSR count). The van der Waals surface area contributed by atoms with Gasteiger partial charge in [-0.05, 0) is 24.5 Å². The van der Waals surface area contributed by atoms with Gasteiger partial charge < -0.3 is 10.0 Å². The zero-order chi connectivity index (χ0) is 13.3. The van der Waals surface area contributed by atoms with Gasteiger partial charge in [0.1, 0.15) is 5.03 Å². The Bertz CT molecular complexity index is 513. The van der Waals surface area contributed by atoms with Crippen LogP contribution >= 0.6 is 25.3 Å². The van der Waals surface area contributed by atoms with Crippen molar-refractivity contribution >= 4 is 30.4 Å². The lowest BCUT2D eigenvalue weighted by atomic mass is 9.94. The summed E-state index contributed by atoms with van der Waals surface area (Å²) in [6.07, 6.45) is 0.874. The summed E-state index contributed by atoms with van der Waals surface area (Å²) in [6.45, 7) is 2.76.